The fraction of sp³-hybridized carbons (Fsp3) is 0.150. The van der Waals surface area contributed by atoms with Gasteiger partial charge in [-0.15, -0.1) is 0 Å². The predicted molar refractivity (Wildman–Crippen MR) is 111 cm³/mol. The highest BCUT2D eigenvalue weighted by Gasteiger charge is 2.04. The first-order valence-corrected chi connectivity index (χ1v) is 8.64. The van der Waals surface area contributed by atoms with E-state index in [-0.39, 0.29) is 16.9 Å². The summed E-state index contributed by atoms with van der Waals surface area (Å²) in [5.41, 5.74) is 2.48. The zero-order valence-corrected chi connectivity index (χ0v) is 15.9. The fourth-order valence-corrected chi connectivity index (χ4v) is 2.40. The number of amides is 2. The van der Waals surface area contributed by atoms with Crippen LogP contribution in [-0.4, -0.2) is 31.1 Å². The number of rotatable bonds is 6. The first-order valence-electron chi connectivity index (χ1n) is 8.24. The number of benzene rings is 2. The maximum absolute atomic E-state index is 12.0. The topological polar surface area (TPSA) is 79.5 Å². The Morgan fingerprint density at radius 2 is 1.74 bits per heavy atom. The normalized spacial score (nSPS) is 10.3. The van der Waals surface area contributed by atoms with Gasteiger partial charge in [0.1, 0.15) is 5.75 Å². The Kier molecular flexibility index (Phi) is 7.51. The number of anilines is 1. The molecule has 0 heterocycles. The quantitative estimate of drug-likeness (QED) is 0.528. The summed E-state index contributed by atoms with van der Waals surface area (Å²) < 4.78 is 5.09. The van der Waals surface area contributed by atoms with Gasteiger partial charge in [0.25, 0.3) is 0 Å². The Balaban J connectivity index is 1.84. The second-order valence-corrected chi connectivity index (χ2v) is 6.00. The first kappa shape index (κ1) is 20.1. The molecule has 0 aliphatic carbocycles. The molecule has 2 rings (SSSR count). The first-order chi connectivity index (χ1) is 13.0. The molecule has 6 nitrogen and oxygen atoms in total. The summed E-state index contributed by atoms with van der Waals surface area (Å²) in [6.45, 7) is 0. The van der Waals surface area contributed by atoms with Gasteiger partial charge in [-0.2, -0.15) is 0 Å². The zero-order valence-electron chi connectivity index (χ0n) is 15.1. The van der Waals surface area contributed by atoms with Crippen molar-refractivity contribution in [1.29, 1.82) is 0 Å². The smallest absolute Gasteiger partial charge is 0.250 e. The van der Waals surface area contributed by atoms with Gasteiger partial charge in [0.2, 0.25) is 11.8 Å². The van der Waals surface area contributed by atoms with Crippen molar-refractivity contribution in [3.8, 4) is 5.75 Å². The number of methoxy groups -OCH3 is 1. The van der Waals surface area contributed by atoms with Crippen LogP contribution < -0.4 is 20.7 Å². The van der Waals surface area contributed by atoms with Crippen LogP contribution in [0.25, 0.3) is 6.08 Å². The third-order valence-corrected chi connectivity index (χ3v) is 3.84. The Bertz CT molecular complexity index is 831. The van der Waals surface area contributed by atoms with Crippen molar-refractivity contribution >= 4 is 40.9 Å². The van der Waals surface area contributed by atoms with Crippen molar-refractivity contribution in [3.05, 3.63) is 65.7 Å². The van der Waals surface area contributed by atoms with Gasteiger partial charge in [-0.1, -0.05) is 24.3 Å². The predicted octanol–water partition coefficient (Wildman–Crippen LogP) is 2.51. The van der Waals surface area contributed by atoms with Gasteiger partial charge in [0, 0.05) is 18.8 Å². The van der Waals surface area contributed by atoms with E-state index in [1.807, 2.05) is 36.4 Å². The van der Waals surface area contributed by atoms with Gasteiger partial charge >= 0.3 is 0 Å². The molecule has 0 saturated carbocycles. The van der Waals surface area contributed by atoms with E-state index in [2.05, 4.69) is 16.0 Å². The minimum absolute atomic E-state index is 0.0536. The highest BCUT2D eigenvalue weighted by molar-refractivity contribution is 7.80. The van der Waals surface area contributed by atoms with E-state index in [1.54, 1.807) is 32.4 Å². The van der Waals surface area contributed by atoms with E-state index >= 15 is 0 Å². The summed E-state index contributed by atoms with van der Waals surface area (Å²) in [6, 6.07) is 14.6. The van der Waals surface area contributed by atoms with Gasteiger partial charge < -0.3 is 15.4 Å². The Labute approximate surface area is 163 Å². The number of carbonyl (C=O) groups excluding carboxylic acids is 2. The molecule has 0 radical (unpaired) electrons. The van der Waals surface area contributed by atoms with Crippen molar-refractivity contribution in [1.82, 2.24) is 10.6 Å². The van der Waals surface area contributed by atoms with E-state index < -0.39 is 0 Å². The summed E-state index contributed by atoms with van der Waals surface area (Å²) in [6.07, 6.45) is 3.40. The van der Waals surface area contributed by atoms with Crippen LogP contribution in [0, 0.1) is 0 Å². The number of nitrogens with one attached hydrogen (secondary N) is 3. The lowest BCUT2D eigenvalue weighted by atomic mass is 10.1. The molecule has 0 aliphatic heterocycles. The van der Waals surface area contributed by atoms with Crippen LogP contribution in [0.3, 0.4) is 0 Å². The van der Waals surface area contributed by atoms with Crippen LogP contribution in [0.1, 0.15) is 11.1 Å². The number of likely N-dealkylation sites (N-methyl/N-ethyl adjacent to an activating group) is 1. The molecule has 2 amide bonds. The maximum Gasteiger partial charge on any atom is 0.250 e. The SMILES string of the molecule is CNC(=O)Cc1ccc(NC(=S)NC(=O)/C=C/c2ccc(OC)cc2)cc1. The molecule has 3 N–H and O–H groups in total. The average Bonchev–Trinajstić information content (AvgIpc) is 2.68. The number of ether oxygens (including phenoxy) is 1. The van der Waals surface area contributed by atoms with E-state index in [0.717, 1.165) is 22.6 Å². The van der Waals surface area contributed by atoms with E-state index in [0.29, 0.717) is 6.42 Å². The molecule has 0 spiro atoms. The van der Waals surface area contributed by atoms with Crippen LogP contribution in [-0.2, 0) is 16.0 Å². The molecule has 0 unspecified atom stereocenters. The van der Waals surface area contributed by atoms with Crippen LogP contribution in [0.2, 0.25) is 0 Å². The van der Waals surface area contributed by atoms with Crippen molar-refractivity contribution in [2.75, 3.05) is 19.5 Å². The molecule has 0 saturated heterocycles. The van der Waals surface area contributed by atoms with E-state index in [9.17, 15) is 9.59 Å². The molecule has 27 heavy (non-hydrogen) atoms. The van der Waals surface area contributed by atoms with Crippen molar-refractivity contribution in [2.45, 2.75) is 6.42 Å². The molecule has 0 atom stereocenters. The monoisotopic (exact) mass is 383 g/mol. The molecule has 7 heteroatoms. The Morgan fingerprint density at radius 3 is 2.33 bits per heavy atom. The highest BCUT2D eigenvalue weighted by atomic mass is 32.1. The summed E-state index contributed by atoms with van der Waals surface area (Å²) in [7, 11) is 3.20. The minimum atomic E-state index is -0.334. The molecule has 0 aromatic heterocycles. The third-order valence-electron chi connectivity index (χ3n) is 3.64. The van der Waals surface area contributed by atoms with Crippen LogP contribution in [0.15, 0.2) is 54.6 Å². The number of thiocarbonyl (C=S) groups is 1. The van der Waals surface area contributed by atoms with Gasteiger partial charge in [-0.05, 0) is 53.7 Å². The fourth-order valence-electron chi connectivity index (χ4n) is 2.18. The van der Waals surface area contributed by atoms with Crippen molar-refractivity contribution < 1.29 is 14.3 Å². The van der Waals surface area contributed by atoms with Crippen molar-refractivity contribution in [2.24, 2.45) is 0 Å². The van der Waals surface area contributed by atoms with Crippen LogP contribution in [0.5, 0.6) is 5.75 Å². The number of hydrogen-bond donors (Lipinski definition) is 3. The highest BCUT2D eigenvalue weighted by Crippen LogP contribution is 2.12. The lowest BCUT2D eigenvalue weighted by Crippen LogP contribution is -2.32. The van der Waals surface area contributed by atoms with E-state index in [1.165, 1.54) is 6.08 Å². The molecule has 0 aliphatic rings. The molecule has 2 aromatic carbocycles. The number of carbonyl (C=O) groups is 2. The molecular formula is C20H21N3O3S. The summed E-state index contributed by atoms with van der Waals surface area (Å²) in [4.78, 5) is 23.3. The second kappa shape index (κ2) is 10.1. The Hall–Kier alpha value is -3.19. The number of hydrogen-bond acceptors (Lipinski definition) is 4. The zero-order chi connectivity index (χ0) is 19.6. The minimum Gasteiger partial charge on any atom is -0.497 e. The largest absolute Gasteiger partial charge is 0.497 e. The van der Waals surface area contributed by atoms with Gasteiger partial charge in [-0.3, -0.25) is 14.9 Å². The van der Waals surface area contributed by atoms with Crippen LogP contribution >= 0.6 is 12.2 Å². The summed E-state index contributed by atoms with van der Waals surface area (Å²) in [5, 5.41) is 8.28. The van der Waals surface area contributed by atoms with Crippen LogP contribution in [0.4, 0.5) is 5.69 Å². The molecule has 2 aromatic rings. The second-order valence-electron chi connectivity index (χ2n) is 5.60. The van der Waals surface area contributed by atoms with E-state index in [4.69, 9.17) is 17.0 Å². The molecule has 140 valence electrons. The van der Waals surface area contributed by atoms with Gasteiger partial charge in [0.15, 0.2) is 5.11 Å². The van der Waals surface area contributed by atoms with Gasteiger partial charge in [-0.25, -0.2) is 0 Å². The maximum atomic E-state index is 12.0. The Morgan fingerprint density at radius 1 is 1.07 bits per heavy atom. The van der Waals surface area contributed by atoms with Crippen molar-refractivity contribution in [3.63, 3.8) is 0 Å². The summed E-state index contributed by atoms with van der Waals surface area (Å²) in [5.74, 6) is 0.366. The lowest BCUT2D eigenvalue weighted by molar-refractivity contribution is -0.120. The third kappa shape index (κ3) is 6.91. The standard InChI is InChI=1S/C20H21N3O3S/c1-21-19(25)13-15-3-8-16(9-4-15)22-20(27)23-18(24)12-7-14-5-10-17(26-2)11-6-14/h3-12H,13H2,1-2H3,(H,21,25)(H2,22,23,24,27)/b12-7+. The lowest BCUT2D eigenvalue weighted by Gasteiger charge is -2.09. The molecular weight excluding hydrogens is 362 g/mol. The van der Waals surface area contributed by atoms with Gasteiger partial charge in [0.05, 0.1) is 13.5 Å². The average molecular weight is 383 g/mol. The molecule has 0 fully saturated rings. The molecule has 0 bridgehead atoms. The summed E-state index contributed by atoms with van der Waals surface area (Å²) >= 11 is 5.14.